The number of anilines is 2. The molecule has 2 heterocycles. The van der Waals surface area contributed by atoms with Crippen molar-refractivity contribution in [1.82, 2.24) is 9.88 Å². The van der Waals surface area contributed by atoms with Crippen LogP contribution in [0.4, 0.5) is 11.5 Å². The van der Waals surface area contributed by atoms with Crippen molar-refractivity contribution >= 4 is 22.3 Å². The van der Waals surface area contributed by atoms with Gasteiger partial charge in [-0.05, 0) is 55.1 Å². The number of rotatable bonds is 2. The number of likely N-dealkylation sites (N-methyl/N-ethyl adjacent to an activating group) is 1. The second kappa shape index (κ2) is 5.67. The van der Waals surface area contributed by atoms with E-state index in [1.807, 2.05) is 6.20 Å². The molecule has 2 aromatic carbocycles. The standard InChI is InChI=1S/C20H21N3/c1-14-3-6-19-16(11-14)7-9-21-20(19)22-18-5-4-15-8-10-23(2)13-17(15)12-18/h3-7,9,11-12H,8,10,13H2,1-2H3,(H,21,22). The topological polar surface area (TPSA) is 28.2 Å². The summed E-state index contributed by atoms with van der Waals surface area (Å²) < 4.78 is 0. The summed E-state index contributed by atoms with van der Waals surface area (Å²) in [4.78, 5) is 6.90. The molecule has 3 heteroatoms. The first-order valence-corrected chi connectivity index (χ1v) is 8.12. The van der Waals surface area contributed by atoms with Crippen molar-refractivity contribution in [2.45, 2.75) is 19.9 Å². The van der Waals surface area contributed by atoms with Gasteiger partial charge in [0.2, 0.25) is 0 Å². The Morgan fingerprint density at radius 3 is 2.87 bits per heavy atom. The molecule has 0 fully saturated rings. The number of nitrogens with one attached hydrogen (secondary N) is 1. The first kappa shape index (κ1) is 14.2. The molecule has 4 rings (SSSR count). The molecule has 23 heavy (non-hydrogen) atoms. The highest BCUT2D eigenvalue weighted by atomic mass is 15.1. The normalized spacial score (nSPS) is 14.7. The third-order valence-electron chi connectivity index (χ3n) is 4.59. The van der Waals surface area contributed by atoms with Crippen molar-refractivity contribution in [2.75, 3.05) is 18.9 Å². The van der Waals surface area contributed by atoms with Gasteiger partial charge in [-0.2, -0.15) is 0 Å². The lowest BCUT2D eigenvalue weighted by atomic mass is 9.99. The Balaban J connectivity index is 1.70. The first-order chi connectivity index (χ1) is 11.2. The van der Waals surface area contributed by atoms with Gasteiger partial charge in [-0.3, -0.25) is 0 Å². The maximum absolute atomic E-state index is 4.54. The average Bonchev–Trinajstić information content (AvgIpc) is 2.54. The van der Waals surface area contributed by atoms with Crippen LogP contribution in [0.25, 0.3) is 10.8 Å². The molecule has 0 spiro atoms. The van der Waals surface area contributed by atoms with Crippen LogP contribution in [0.5, 0.6) is 0 Å². The second-order valence-corrected chi connectivity index (χ2v) is 6.48. The first-order valence-electron chi connectivity index (χ1n) is 8.12. The zero-order chi connectivity index (χ0) is 15.8. The number of aromatic nitrogens is 1. The van der Waals surface area contributed by atoms with E-state index in [9.17, 15) is 0 Å². The van der Waals surface area contributed by atoms with Crippen LogP contribution in [0.15, 0.2) is 48.7 Å². The molecule has 3 nitrogen and oxygen atoms in total. The SMILES string of the molecule is Cc1ccc2c(Nc3ccc4c(c3)CN(C)CC4)nccc2c1. The number of aryl methyl sites for hydroxylation is 1. The smallest absolute Gasteiger partial charge is 0.138 e. The third kappa shape index (κ3) is 2.80. The molecule has 0 bridgehead atoms. The largest absolute Gasteiger partial charge is 0.340 e. The minimum Gasteiger partial charge on any atom is -0.340 e. The summed E-state index contributed by atoms with van der Waals surface area (Å²) in [7, 11) is 2.18. The van der Waals surface area contributed by atoms with Crippen molar-refractivity contribution in [3.05, 3.63) is 65.4 Å². The Morgan fingerprint density at radius 2 is 1.96 bits per heavy atom. The monoisotopic (exact) mass is 303 g/mol. The van der Waals surface area contributed by atoms with Gasteiger partial charge in [-0.15, -0.1) is 0 Å². The van der Waals surface area contributed by atoms with Gasteiger partial charge < -0.3 is 10.2 Å². The molecule has 1 aliphatic heterocycles. The number of nitrogens with zero attached hydrogens (tertiary/aromatic N) is 2. The molecule has 3 aromatic rings. The summed E-state index contributed by atoms with van der Waals surface area (Å²) in [6.45, 7) is 4.28. The van der Waals surface area contributed by atoms with Crippen molar-refractivity contribution in [3.63, 3.8) is 0 Å². The number of pyridine rings is 1. The summed E-state index contributed by atoms with van der Waals surface area (Å²) in [6.07, 6.45) is 3.01. The van der Waals surface area contributed by atoms with Gasteiger partial charge in [-0.1, -0.05) is 29.8 Å². The predicted octanol–water partition coefficient (Wildman–Crippen LogP) is 4.27. The van der Waals surface area contributed by atoms with E-state index >= 15 is 0 Å². The van der Waals surface area contributed by atoms with Gasteiger partial charge in [0.05, 0.1) is 0 Å². The van der Waals surface area contributed by atoms with E-state index in [2.05, 4.69) is 71.6 Å². The minimum absolute atomic E-state index is 0.923. The summed E-state index contributed by atoms with van der Waals surface area (Å²) in [6, 6.07) is 15.2. The highest BCUT2D eigenvalue weighted by molar-refractivity contribution is 5.93. The molecule has 1 aromatic heterocycles. The summed E-state index contributed by atoms with van der Waals surface area (Å²) in [5.41, 5.74) is 5.26. The van der Waals surface area contributed by atoms with Crippen molar-refractivity contribution in [3.8, 4) is 0 Å². The van der Waals surface area contributed by atoms with E-state index < -0.39 is 0 Å². The van der Waals surface area contributed by atoms with Crippen LogP contribution in [0.2, 0.25) is 0 Å². The van der Waals surface area contributed by atoms with E-state index in [0.29, 0.717) is 0 Å². The number of hydrogen-bond donors (Lipinski definition) is 1. The number of fused-ring (bicyclic) bond motifs is 2. The Hall–Kier alpha value is -2.39. The Kier molecular flexibility index (Phi) is 3.50. The quantitative estimate of drug-likeness (QED) is 0.766. The predicted molar refractivity (Wildman–Crippen MR) is 96.2 cm³/mol. The fourth-order valence-electron chi connectivity index (χ4n) is 3.31. The molecule has 1 N–H and O–H groups in total. The lowest BCUT2D eigenvalue weighted by molar-refractivity contribution is 0.313. The van der Waals surface area contributed by atoms with E-state index in [0.717, 1.165) is 36.4 Å². The fourth-order valence-corrected chi connectivity index (χ4v) is 3.31. The van der Waals surface area contributed by atoms with Crippen LogP contribution in [-0.4, -0.2) is 23.5 Å². The zero-order valence-corrected chi connectivity index (χ0v) is 13.6. The van der Waals surface area contributed by atoms with E-state index in [1.54, 1.807) is 0 Å². The number of benzene rings is 2. The molecule has 0 saturated heterocycles. The fraction of sp³-hybridized carbons (Fsp3) is 0.250. The maximum atomic E-state index is 4.54. The molecule has 0 aliphatic carbocycles. The maximum Gasteiger partial charge on any atom is 0.138 e. The van der Waals surface area contributed by atoms with Crippen LogP contribution < -0.4 is 5.32 Å². The van der Waals surface area contributed by atoms with Crippen LogP contribution in [0.1, 0.15) is 16.7 Å². The van der Waals surface area contributed by atoms with Crippen LogP contribution in [0.3, 0.4) is 0 Å². The molecule has 0 atom stereocenters. The zero-order valence-electron chi connectivity index (χ0n) is 13.6. The van der Waals surface area contributed by atoms with Crippen molar-refractivity contribution in [1.29, 1.82) is 0 Å². The highest BCUT2D eigenvalue weighted by Crippen LogP contribution is 2.27. The lowest BCUT2D eigenvalue weighted by Gasteiger charge is -2.25. The van der Waals surface area contributed by atoms with Crippen LogP contribution in [0, 0.1) is 6.92 Å². The highest BCUT2D eigenvalue weighted by Gasteiger charge is 2.13. The Morgan fingerprint density at radius 1 is 1.04 bits per heavy atom. The van der Waals surface area contributed by atoms with Gasteiger partial charge in [0.1, 0.15) is 5.82 Å². The third-order valence-corrected chi connectivity index (χ3v) is 4.59. The van der Waals surface area contributed by atoms with E-state index in [4.69, 9.17) is 0 Å². The molecule has 116 valence electrons. The average molecular weight is 303 g/mol. The lowest BCUT2D eigenvalue weighted by Crippen LogP contribution is -2.26. The van der Waals surface area contributed by atoms with Crippen LogP contribution in [-0.2, 0) is 13.0 Å². The molecule has 0 saturated carbocycles. The van der Waals surface area contributed by atoms with Gasteiger partial charge in [-0.25, -0.2) is 4.98 Å². The Bertz CT molecular complexity index is 870. The number of hydrogen-bond acceptors (Lipinski definition) is 3. The van der Waals surface area contributed by atoms with Gasteiger partial charge >= 0.3 is 0 Å². The van der Waals surface area contributed by atoms with E-state index in [-0.39, 0.29) is 0 Å². The van der Waals surface area contributed by atoms with Gasteiger partial charge in [0, 0.05) is 30.4 Å². The summed E-state index contributed by atoms with van der Waals surface area (Å²) in [5, 5.41) is 5.88. The summed E-state index contributed by atoms with van der Waals surface area (Å²) >= 11 is 0. The van der Waals surface area contributed by atoms with E-state index in [1.165, 1.54) is 22.1 Å². The Labute approximate surface area is 137 Å². The summed E-state index contributed by atoms with van der Waals surface area (Å²) in [5.74, 6) is 0.923. The molecular weight excluding hydrogens is 282 g/mol. The minimum atomic E-state index is 0.923. The van der Waals surface area contributed by atoms with Crippen LogP contribution >= 0.6 is 0 Å². The molecular formula is C20H21N3. The second-order valence-electron chi connectivity index (χ2n) is 6.48. The van der Waals surface area contributed by atoms with Crippen molar-refractivity contribution < 1.29 is 0 Å². The molecule has 0 amide bonds. The molecule has 0 radical (unpaired) electrons. The molecule has 1 aliphatic rings. The van der Waals surface area contributed by atoms with Gasteiger partial charge in [0.25, 0.3) is 0 Å². The molecule has 0 unspecified atom stereocenters. The van der Waals surface area contributed by atoms with Gasteiger partial charge in [0.15, 0.2) is 0 Å². The van der Waals surface area contributed by atoms with Crippen molar-refractivity contribution in [2.24, 2.45) is 0 Å².